The number of sulfone groups is 1. The topological polar surface area (TPSA) is 116 Å². The molecule has 2 heterocycles. The van der Waals surface area contributed by atoms with E-state index in [2.05, 4.69) is 25.1 Å². The Morgan fingerprint density at radius 1 is 1.11 bits per heavy atom. The monoisotopic (exact) mass is 523 g/mol. The van der Waals surface area contributed by atoms with Crippen LogP contribution < -0.4 is 10.1 Å². The van der Waals surface area contributed by atoms with Crippen molar-refractivity contribution < 1.29 is 35.5 Å². The van der Waals surface area contributed by atoms with Gasteiger partial charge in [-0.15, -0.1) is 13.2 Å². The quantitative estimate of drug-likeness (QED) is 0.383. The molecule has 1 atom stereocenters. The lowest BCUT2D eigenvalue weighted by Crippen LogP contribution is -2.29. The zero-order valence-corrected chi connectivity index (χ0v) is 19.4. The molecule has 0 aliphatic carbocycles. The fourth-order valence-electron chi connectivity index (χ4n) is 3.34. The summed E-state index contributed by atoms with van der Waals surface area (Å²) in [5.41, 5.74) is 0.714. The van der Waals surface area contributed by atoms with Gasteiger partial charge < -0.3 is 10.1 Å². The number of carbonyl (C=O) groups excluding carboxylic acids is 1. The lowest BCUT2D eigenvalue weighted by Gasteiger charge is -2.18. The molecule has 0 spiro atoms. The van der Waals surface area contributed by atoms with Crippen molar-refractivity contribution in [2.45, 2.75) is 24.2 Å². The van der Waals surface area contributed by atoms with Gasteiger partial charge in [0.1, 0.15) is 11.4 Å². The zero-order valence-electron chi connectivity index (χ0n) is 18.6. The second kappa shape index (κ2) is 9.18. The van der Waals surface area contributed by atoms with Gasteiger partial charge in [0.25, 0.3) is 5.91 Å². The Labute approximate surface area is 201 Å². The maximum Gasteiger partial charge on any atom is 0.573 e. The minimum atomic E-state index is -5.11. The SMILES string of the molecule is CC(NC(=O)c1cc(OC(F)(F)F)cc(S(C)(=O)=O)c1)c1nc2ccccc2nc1-n1cc(F)cn1. The number of rotatable bonds is 6. The fraction of sp³-hybridized carbons (Fsp3) is 0.182. The van der Waals surface area contributed by atoms with Gasteiger partial charge >= 0.3 is 6.36 Å². The van der Waals surface area contributed by atoms with Crippen molar-refractivity contribution in [1.82, 2.24) is 25.1 Å². The molecule has 0 aliphatic heterocycles. The third-order valence-corrected chi connectivity index (χ3v) is 6.00. The number of fused-ring (bicyclic) bond motifs is 1. The van der Waals surface area contributed by atoms with Crippen molar-refractivity contribution in [2.75, 3.05) is 6.26 Å². The van der Waals surface area contributed by atoms with E-state index in [1.54, 1.807) is 24.3 Å². The number of alkyl halides is 3. The van der Waals surface area contributed by atoms with E-state index >= 15 is 0 Å². The van der Waals surface area contributed by atoms with E-state index in [0.717, 1.165) is 35.5 Å². The number of aromatic nitrogens is 4. The van der Waals surface area contributed by atoms with Gasteiger partial charge in [-0.05, 0) is 37.3 Å². The Morgan fingerprint density at radius 3 is 2.36 bits per heavy atom. The summed E-state index contributed by atoms with van der Waals surface area (Å²) in [7, 11) is -3.98. The molecular formula is C22H17F4N5O4S. The second-order valence-corrected chi connectivity index (χ2v) is 9.75. The van der Waals surface area contributed by atoms with Crippen LogP contribution in [0.2, 0.25) is 0 Å². The molecule has 0 fully saturated rings. The number of benzene rings is 2. The van der Waals surface area contributed by atoms with Gasteiger partial charge in [-0.3, -0.25) is 4.79 Å². The van der Waals surface area contributed by atoms with Crippen LogP contribution in [0.4, 0.5) is 17.6 Å². The average molecular weight is 523 g/mol. The lowest BCUT2D eigenvalue weighted by atomic mass is 10.1. The van der Waals surface area contributed by atoms with Crippen LogP contribution in [-0.2, 0) is 9.84 Å². The van der Waals surface area contributed by atoms with E-state index in [1.165, 1.54) is 6.92 Å². The molecule has 2 aromatic carbocycles. The highest BCUT2D eigenvalue weighted by molar-refractivity contribution is 7.90. The first-order chi connectivity index (χ1) is 16.8. The first-order valence-electron chi connectivity index (χ1n) is 10.2. The standard InChI is InChI=1S/C22H17F4N5O4S/c1-12(19-20(31-11-14(23)10-27-31)30-18-6-4-3-5-17(18)29-19)28-21(32)13-7-15(35-22(24,25)26)9-16(8-13)36(2,33)34/h3-12H,1-2H3,(H,28,32). The van der Waals surface area contributed by atoms with Crippen LogP contribution in [0, 0.1) is 5.82 Å². The van der Waals surface area contributed by atoms with Crippen LogP contribution in [-0.4, -0.2) is 46.7 Å². The summed E-state index contributed by atoms with van der Waals surface area (Å²) < 4.78 is 80.8. The molecule has 9 nitrogen and oxygen atoms in total. The molecule has 4 aromatic rings. The molecule has 0 saturated carbocycles. The molecule has 1 amide bonds. The van der Waals surface area contributed by atoms with Gasteiger partial charge in [-0.25, -0.2) is 27.5 Å². The molecule has 0 aliphatic rings. The summed E-state index contributed by atoms with van der Waals surface area (Å²) in [4.78, 5) is 21.4. The molecule has 1 unspecified atom stereocenters. The van der Waals surface area contributed by atoms with Crippen LogP contribution in [0.3, 0.4) is 0 Å². The van der Waals surface area contributed by atoms with E-state index in [9.17, 15) is 30.8 Å². The zero-order chi connectivity index (χ0) is 26.3. The van der Waals surface area contributed by atoms with Crippen molar-refractivity contribution in [2.24, 2.45) is 0 Å². The van der Waals surface area contributed by atoms with Crippen LogP contribution in [0.25, 0.3) is 16.9 Å². The van der Waals surface area contributed by atoms with Crippen LogP contribution in [0.1, 0.15) is 29.0 Å². The third kappa shape index (κ3) is 5.59. The van der Waals surface area contributed by atoms with Crippen LogP contribution >= 0.6 is 0 Å². The number of para-hydroxylation sites is 2. The average Bonchev–Trinajstić information content (AvgIpc) is 3.22. The number of ether oxygens (including phenoxy) is 1. The number of hydrogen-bond acceptors (Lipinski definition) is 7. The Kier molecular flexibility index (Phi) is 6.39. The summed E-state index contributed by atoms with van der Waals surface area (Å²) in [6, 6.07) is 8.24. The molecule has 1 N–H and O–H groups in total. The molecular weight excluding hydrogens is 506 g/mol. The van der Waals surface area contributed by atoms with Gasteiger partial charge in [0.15, 0.2) is 21.5 Å². The van der Waals surface area contributed by atoms with Gasteiger partial charge in [0, 0.05) is 11.8 Å². The van der Waals surface area contributed by atoms with Gasteiger partial charge in [0.2, 0.25) is 0 Å². The highest BCUT2D eigenvalue weighted by Crippen LogP contribution is 2.28. The molecule has 0 radical (unpaired) electrons. The van der Waals surface area contributed by atoms with E-state index in [-0.39, 0.29) is 11.5 Å². The summed E-state index contributed by atoms with van der Waals surface area (Å²) in [6.45, 7) is 1.52. The highest BCUT2D eigenvalue weighted by atomic mass is 32.2. The molecule has 188 valence electrons. The first-order valence-corrected chi connectivity index (χ1v) is 12.1. The Balaban J connectivity index is 1.73. The number of carbonyl (C=O) groups is 1. The summed E-state index contributed by atoms with van der Waals surface area (Å²) in [5, 5.41) is 6.45. The molecule has 0 saturated heterocycles. The maximum atomic E-state index is 13.6. The van der Waals surface area contributed by atoms with Gasteiger partial charge in [0.05, 0.1) is 34.4 Å². The highest BCUT2D eigenvalue weighted by Gasteiger charge is 2.32. The van der Waals surface area contributed by atoms with E-state index in [4.69, 9.17) is 0 Å². The predicted octanol–water partition coefficient (Wildman–Crippen LogP) is 3.75. The number of nitrogens with zero attached hydrogens (tertiary/aromatic N) is 4. The first kappa shape index (κ1) is 25.0. The van der Waals surface area contributed by atoms with Crippen molar-refractivity contribution in [1.29, 1.82) is 0 Å². The largest absolute Gasteiger partial charge is 0.573 e. The minimum absolute atomic E-state index is 0.108. The number of hydrogen-bond donors (Lipinski definition) is 1. The summed E-state index contributed by atoms with van der Waals surface area (Å²) in [6.07, 6.45) is -2.30. The van der Waals surface area contributed by atoms with Gasteiger partial charge in [-0.1, -0.05) is 12.1 Å². The normalized spacial score (nSPS) is 12.9. The van der Waals surface area contributed by atoms with Crippen molar-refractivity contribution in [3.63, 3.8) is 0 Å². The van der Waals surface area contributed by atoms with Gasteiger partial charge in [-0.2, -0.15) is 5.10 Å². The van der Waals surface area contributed by atoms with E-state index in [1.807, 2.05) is 0 Å². The molecule has 0 bridgehead atoms. The van der Waals surface area contributed by atoms with Crippen LogP contribution in [0.15, 0.2) is 59.8 Å². The number of halogens is 4. The molecule has 4 rings (SSSR count). The second-order valence-electron chi connectivity index (χ2n) is 7.73. The lowest BCUT2D eigenvalue weighted by molar-refractivity contribution is -0.274. The Morgan fingerprint density at radius 2 is 1.78 bits per heavy atom. The number of amides is 1. The molecule has 2 aromatic heterocycles. The summed E-state index contributed by atoms with van der Waals surface area (Å²) >= 11 is 0. The fourth-order valence-corrected chi connectivity index (χ4v) is 4.01. The Hall–Kier alpha value is -4.07. The van der Waals surface area contributed by atoms with Crippen molar-refractivity contribution in [3.8, 4) is 11.6 Å². The van der Waals surface area contributed by atoms with E-state index < -0.39 is 50.2 Å². The minimum Gasteiger partial charge on any atom is -0.406 e. The van der Waals surface area contributed by atoms with Crippen molar-refractivity contribution in [3.05, 3.63) is 71.9 Å². The number of nitrogens with one attached hydrogen (secondary N) is 1. The predicted molar refractivity (Wildman–Crippen MR) is 119 cm³/mol. The van der Waals surface area contributed by atoms with E-state index in [0.29, 0.717) is 17.1 Å². The van der Waals surface area contributed by atoms with Crippen LogP contribution in [0.5, 0.6) is 5.75 Å². The maximum absolute atomic E-state index is 13.6. The Bertz CT molecular complexity index is 1570. The molecule has 36 heavy (non-hydrogen) atoms. The summed E-state index contributed by atoms with van der Waals surface area (Å²) in [5.74, 6) is -2.31. The van der Waals surface area contributed by atoms with Crippen molar-refractivity contribution >= 4 is 26.8 Å². The molecule has 14 heteroatoms. The third-order valence-electron chi connectivity index (χ3n) is 4.91. The smallest absolute Gasteiger partial charge is 0.406 e.